The van der Waals surface area contributed by atoms with Crippen LogP contribution in [-0.2, 0) is 11.2 Å². The molecule has 0 heterocycles. The molecule has 2 aliphatic carbocycles. The molecule has 3 N–H and O–H groups in total. The third-order valence-corrected chi connectivity index (χ3v) is 5.48. The van der Waals surface area contributed by atoms with Crippen molar-refractivity contribution < 1.29 is 4.79 Å². The van der Waals surface area contributed by atoms with Crippen molar-refractivity contribution in [2.75, 3.05) is 11.9 Å². The first-order valence-corrected chi connectivity index (χ1v) is 8.45. The van der Waals surface area contributed by atoms with Gasteiger partial charge < -0.3 is 11.1 Å². The van der Waals surface area contributed by atoms with E-state index in [-0.39, 0.29) is 11.3 Å². The van der Waals surface area contributed by atoms with Gasteiger partial charge in [0.05, 0.1) is 5.41 Å². The Morgan fingerprint density at radius 2 is 1.78 bits per heavy atom. The summed E-state index contributed by atoms with van der Waals surface area (Å²) in [4.78, 5) is 12.7. The van der Waals surface area contributed by atoms with Gasteiger partial charge in [-0.3, -0.25) is 4.79 Å². The standard InChI is InChI=1S/C20H22N2O/c21-13-20(9-3-4-10-20)19(23)22-16-7-8-18-15(12-16)11-14-5-1-2-6-17(14)18/h1-2,5-8,12H,3-4,9-11,13,21H2,(H,22,23). The minimum Gasteiger partial charge on any atom is -0.329 e. The second-order valence-corrected chi connectivity index (χ2v) is 6.85. The molecular weight excluding hydrogens is 284 g/mol. The average molecular weight is 306 g/mol. The Morgan fingerprint density at radius 3 is 2.57 bits per heavy atom. The number of rotatable bonds is 3. The van der Waals surface area contributed by atoms with Gasteiger partial charge in [0.15, 0.2) is 0 Å². The van der Waals surface area contributed by atoms with Gasteiger partial charge >= 0.3 is 0 Å². The number of hydrogen-bond donors (Lipinski definition) is 2. The number of amides is 1. The lowest BCUT2D eigenvalue weighted by Crippen LogP contribution is -2.40. The fourth-order valence-electron chi connectivity index (χ4n) is 4.06. The Kier molecular flexibility index (Phi) is 3.46. The van der Waals surface area contributed by atoms with Crippen LogP contribution in [0.4, 0.5) is 5.69 Å². The summed E-state index contributed by atoms with van der Waals surface area (Å²) >= 11 is 0. The number of nitrogens with two attached hydrogens (primary N) is 1. The van der Waals surface area contributed by atoms with E-state index in [2.05, 4.69) is 41.7 Å². The zero-order valence-corrected chi connectivity index (χ0v) is 13.3. The van der Waals surface area contributed by atoms with Crippen LogP contribution in [0.25, 0.3) is 11.1 Å². The van der Waals surface area contributed by atoms with E-state index in [4.69, 9.17) is 5.73 Å². The van der Waals surface area contributed by atoms with Gasteiger partial charge in [-0.05, 0) is 53.6 Å². The number of benzene rings is 2. The second kappa shape index (κ2) is 5.50. The van der Waals surface area contributed by atoms with Gasteiger partial charge in [-0.1, -0.05) is 43.2 Å². The maximum atomic E-state index is 12.7. The first-order valence-electron chi connectivity index (χ1n) is 8.45. The highest BCUT2D eigenvalue weighted by Crippen LogP contribution is 2.40. The van der Waals surface area contributed by atoms with E-state index in [0.717, 1.165) is 37.8 Å². The number of carbonyl (C=O) groups is 1. The van der Waals surface area contributed by atoms with E-state index in [1.807, 2.05) is 6.07 Å². The number of nitrogens with one attached hydrogen (secondary N) is 1. The van der Waals surface area contributed by atoms with Crippen LogP contribution in [-0.4, -0.2) is 12.5 Å². The van der Waals surface area contributed by atoms with Crippen molar-refractivity contribution in [2.45, 2.75) is 32.1 Å². The molecule has 0 atom stereocenters. The molecule has 0 saturated heterocycles. The van der Waals surface area contributed by atoms with Gasteiger partial charge in [-0.25, -0.2) is 0 Å². The Hall–Kier alpha value is -2.13. The van der Waals surface area contributed by atoms with Crippen molar-refractivity contribution in [3.63, 3.8) is 0 Å². The molecule has 3 heteroatoms. The molecule has 0 bridgehead atoms. The summed E-state index contributed by atoms with van der Waals surface area (Å²) < 4.78 is 0. The molecule has 1 fully saturated rings. The van der Waals surface area contributed by atoms with Crippen molar-refractivity contribution in [3.8, 4) is 11.1 Å². The van der Waals surface area contributed by atoms with Crippen LogP contribution in [0, 0.1) is 5.41 Å². The molecule has 2 aromatic rings. The highest BCUT2D eigenvalue weighted by Gasteiger charge is 2.39. The van der Waals surface area contributed by atoms with E-state index in [0.29, 0.717) is 6.54 Å². The van der Waals surface area contributed by atoms with Crippen LogP contribution in [0.1, 0.15) is 36.8 Å². The lowest BCUT2D eigenvalue weighted by Gasteiger charge is -2.25. The smallest absolute Gasteiger partial charge is 0.231 e. The molecule has 0 aliphatic heterocycles. The van der Waals surface area contributed by atoms with Crippen LogP contribution in [0.2, 0.25) is 0 Å². The van der Waals surface area contributed by atoms with Gasteiger partial charge in [0, 0.05) is 12.2 Å². The van der Waals surface area contributed by atoms with Crippen molar-refractivity contribution in [3.05, 3.63) is 53.6 Å². The summed E-state index contributed by atoms with van der Waals surface area (Å²) in [5.41, 5.74) is 11.7. The summed E-state index contributed by atoms with van der Waals surface area (Å²) in [5, 5.41) is 3.11. The topological polar surface area (TPSA) is 55.1 Å². The fourth-order valence-corrected chi connectivity index (χ4v) is 4.06. The van der Waals surface area contributed by atoms with Gasteiger partial charge in [0.2, 0.25) is 5.91 Å². The molecular formula is C20H22N2O. The number of fused-ring (bicyclic) bond motifs is 3. The van der Waals surface area contributed by atoms with Crippen molar-refractivity contribution in [1.82, 2.24) is 0 Å². The Morgan fingerprint density at radius 1 is 1.04 bits per heavy atom. The fraction of sp³-hybridized carbons (Fsp3) is 0.350. The van der Waals surface area contributed by atoms with Crippen LogP contribution < -0.4 is 11.1 Å². The molecule has 4 rings (SSSR count). The summed E-state index contributed by atoms with van der Waals surface area (Å²) in [7, 11) is 0. The first kappa shape index (κ1) is 14.5. The molecule has 3 nitrogen and oxygen atoms in total. The maximum absolute atomic E-state index is 12.7. The van der Waals surface area contributed by atoms with Gasteiger partial charge in [-0.2, -0.15) is 0 Å². The molecule has 2 aliphatic rings. The highest BCUT2D eigenvalue weighted by atomic mass is 16.2. The van der Waals surface area contributed by atoms with E-state index in [1.165, 1.54) is 22.3 Å². The minimum atomic E-state index is -0.359. The Balaban J connectivity index is 1.58. The summed E-state index contributed by atoms with van der Waals surface area (Å²) in [6, 6.07) is 14.8. The summed E-state index contributed by atoms with van der Waals surface area (Å²) in [6.45, 7) is 0.440. The Bertz CT molecular complexity index is 760. The molecule has 1 amide bonds. The van der Waals surface area contributed by atoms with E-state index in [9.17, 15) is 4.79 Å². The van der Waals surface area contributed by atoms with Crippen LogP contribution in [0.5, 0.6) is 0 Å². The second-order valence-electron chi connectivity index (χ2n) is 6.85. The predicted octanol–water partition coefficient (Wildman–Crippen LogP) is 3.72. The van der Waals surface area contributed by atoms with Crippen LogP contribution >= 0.6 is 0 Å². The zero-order chi connectivity index (χ0) is 15.9. The van der Waals surface area contributed by atoms with E-state index < -0.39 is 0 Å². The zero-order valence-electron chi connectivity index (χ0n) is 13.3. The number of carbonyl (C=O) groups excluding carboxylic acids is 1. The maximum Gasteiger partial charge on any atom is 0.231 e. The molecule has 1 saturated carbocycles. The van der Waals surface area contributed by atoms with Gasteiger partial charge in [0.1, 0.15) is 0 Å². The molecule has 23 heavy (non-hydrogen) atoms. The van der Waals surface area contributed by atoms with Crippen molar-refractivity contribution in [1.29, 1.82) is 0 Å². The number of anilines is 1. The largest absolute Gasteiger partial charge is 0.329 e. The minimum absolute atomic E-state index is 0.0907. The normalized spacial score (nSPS) is 17.6. The van der Waals surface area contributed by atoms with E-state index >= 15 is 0 Å². The summed E-state index contributed by atoms with van der Waals surface area (Å²) in [5.74, 6) is 0.0907. The highest BCUT2D eigenvalue weighted by molar-refractivity contribution is 5.96. The molecule has 118 valence electrons. The first-order chi connectivity index (χ1) is 11.2. The average Bonchev–Trinajstić information content (AvgIpc) is 3.19. The third kappa shape index (κ3) is 2.36. The van der Waals surface area contributed by atoms with Gasteiger partial charge in [-0.15, -0.1) is 0 Å². The predicted molar refractivity (Wildman–Crippen MR) is 93.3 cm³/mol. The monoisotopic (exact) mass is 306 g/mol. The number of hydrogen-bond acceptors (Lipinski definition) is 2. The molecule has 0 radical (unpaired) electrons. The lowest BCUT2D eigenvalue weighted by atomic mass is 9.85. The van der Waals surface area contributed by atoms with Crippen molar-refractivity contribution in [2.24, 2.45) is 11.1 Å². The van der Waals surface area contributed by atoms with Crippen molar-refractivity contribution >= 4 is 11.6 Å². The molecule has 2 aromatic carbocycles. The Labute approximate surface area is 136 Å². The van der Waals surface area contributed by atoms with E-state index in [1.54, 1.807) is 0 Å². The van der Waals surface area contributed by atoms with Gasteiger partial charge in [0.25, 0.3) is 0 Å². The lowest BCUT2D eigenvalue weighted by molar-refractivity contribution is -0.124. The van der Waals surface area contributed by atoms with Crippen LogP contribution in [0.15, 0.2) is 42.5 Å². The quantitative estimate of drug-likeness (QED) is 0.775. The summed E-state index contributed by atoms with van der Waals surface area (Å²) in [6.07, 6.45) is 4.96. The van der Waals surface area contributed by atoms with Crippen LogP contribution in [0.3, 0.4) is 0 Å². The molecule has 0 spiro atoms. The SMILES string of the molecule is NCC1(C(=O)Nc2ccc3c(c2)Cc2ccccc2-3)CCCC1. The third-order valence-electron chi connectivity index (χ3n) is 5.48. The molecule has 0 aromatic heterocycles. The molecule has 0 unspecified atom stereocenters.